The number of sulfonamides is 1. The predicted octanol–water partition coefficient (Wildman–Crippen LogP) is 2.74. The summed E-state index contributed by atoms with van der Waals surface area (Å²) < 4.78 is 37.0. The molecule has 0 aliphatic heterocycles. The van der Waals surface area contributed by atoms with Crippen molar-refractivity contribution in [3.05, 3.63) is 22.7 Å². The molecule has 8 heteroatoms. The highest BCUT2D eigenvalue weighted by atomic mass is 35.5. The zero-order valence-corrected chi connectivity index (χ0v) is 14.6. The summed E-state index contributed by atoms with van der Waals surface area (Å²) in [4.78, 5) is 0.0195. The lowest BCUT2D eigenvalue weighted by Crippen LogP contribution is -2.34. The van der Waals surface area contributed by atoms with Crippen molar-refractivity contribution in [1.29, 1.82) is 0 Å². The van der Waals surface area contributed by atoms with E-state index in [0.717, 1.165) is 0 Å². The van der Waals surface area contributed by atoms with Crippen LogP contribution >= 0.6 is 23.2 Å². The first-order valence-electron chi connectivity index (χ1n) is 6.33. The van der Waals surface area contributed by atoms with Crippen LogP contribution in [0.1, 0.15) is 12.5 Å². The van der Waals surface area contributed by atoms with Crippen LogP contribution in [0.3, 0.4) is 0 Å². The van der Waals surface area contributed by atoms with Crippen LogP contribution in [0.2, 0.25) is 5.02 Å². The number of rotatable bonds is 8. The molecule has 0 unspecified atom stereocenters. The highest BCUT2D eigenvalue weighted by Crippen LogP contribution is 2.34. The fraction of sp³-hybridized carbons (Fsp3) is 0.538. The molecule has 0 radical (unpaired) electrons. The van der Waals surface area contributed by atoms with E-state index >= 15 is 0 Å². The number of halogens is 2. The van der Waals surface area contributed by atoms with Gasteiger partial charge in [-0.3, -0.25) is 0 Å². The second-order valence-corrected chi connectivity index (χ2v) is 6.83. The van der Waals surface area contributed by atoms with Crippen molar-refractivity contribution in [3.8, 4) is 5.75 Å². The summed E-state index contributed by atoms with van der Waals surface area (Å²) in [6.07, 6.45) is 0. The molecule has 0 fully saturated rings. The lowest BCUT2D eigenvalue weighted by molar-refractivity contribution is 0.180. The third kappa shape index (κ3) is 4.23. The van der Waals surface area contributed by atoms with Gasteiger partial charge in [-0.15, -0.1) is 11.6 Å². The maximum absolute atomic E-state index is 12.8. The third-order valence-corrected chi connectivity index (χ3v) is 5.45. The van der Waals surface area contributed by atoms with Gasteiger partial charge in [0.1, 0.15) is 10.6 Å². The lowest BCUT2D eigenvalue weighted by atomic mass is 10.2. The Balaban J connectivity index is 3.38. The molecule has 1 aromatic carbocycles. The normalized spacial score (nSPS) is 11.9. The Morgan fingerprint density at radius 1 is 1.29 bits per heavy atom. The third-order valence-electron chi connectivity index (χ3n) is 2.96. The van der Waals surface area contributed by atoms with Crippen molar-refractivity contribution in [3.63, 3.8) is 0 Å². The molecule has 21 heavy (non-hydrogen) atoms. The molecule has 0 aliphatic rings. The largest absolute Gasteiger partial charge is 0.495 e. The van der Waals surface area contributed by atoms with Gasteiger partial charge in [0.15, 0.2) is 0 Å². The minimum Gasteiger partial charge on any atom is -0.495 e. The van der Waals surface area contributed by atoms with Crippen molar-refractivity contribution < 1.29 is 17.9 Å². The van der Waals surface area contributed by atoms with E-state index in [9.17, 15) is 8.42 Å². The van der Waals surface area contributed by atoms with Crippen LogP contribution in [0.15, 0.2) is 17.0 Å². The zero-order chi connectivity index (χ0) is 16.0. The number of ether oxygens (including phenoxy) is 2. The summed E-state index contributed by atoms with van der Waals surface area (Å²) in [6.45, 7) is 2.63. The van der Waals surface area contributed by atoms with Gasteiger partial charge in [0.2, 0.25) is 10.0 Å². The van der Waals surface area contributed by atoms with Gasteiger partial charge in [-0.2, -0.15) is 4.31 Å². The quantitative estimate of drug-likeness (QED) is 0.672. The molecule has 0 saturated carbocycles. The van der Waals surface area contributed by atoms with E-state index in [1.807, 2.05) is 0 Å². The van der Waals surface area contributed by atoms with Crippen molar-refractivity contribution in [2.24, 2.45) is 0 Å². The van der Waals surface area contributed by atoms with Crippen LogP contribution in [-0.2, 0) is 20.6 Å². The second kappa shape index (κ2) is 8.19. The minimum atomic E-state index is -3.74. The van der Waals surface area contributed by atoms with Crippen molar-refractivity contribution in [1.82, 2.24) is 4.31 Å². The molecule has 0 aliphatic carbocycles. The first-order chi connectivity index (χ1) is 9.92. The van der Waals surface area contributed by atoms with Gasteiger partial charge < -0.3 is 9.47 Å². The van der Waals surface area contributed by atoms with Gasteiger partial charge in [-0.25, -0.2) is 8.42 Å². The lowest BCUT2D eigenvalue weighted by Gasteiger charge is -2.22. The molecule has 0 spiro atoms. The monoisotopic (exact) mass is 355 g/mol. The first-order valence-corrected chi connectivity index (χ1v) is 8.69. The molecule has 0 saturated heterocycles. The topological polar surface area (TPSA) is 55.8 Å². The number of likely N-dealkylation sites (N-methyl/N-ethyl adjacent to an activating group) is 1. The smallest absolute Gasteiger partial charge is 0.246 e. The average Bonchev–Trinajstić information content (AvgIpc) is 2.46. The van der Waals surface area contributed by atoms with E-state index in [1.54, 1.807) is 13.0 Å². The van der Waals surface area contributed by atoms with Gasteiger partial charge >= 0.3 is 0 Å². The Morgan fingerprint density at radius 2 is 1.95 bits per heavy atom. The molecule has 1 rings (SSSR count). The SMILES string of the molecule is CCN(CCOC)S(=O)(=O)c1cc(Cl)cc(CCl)c1OC. The van der Waals surface area contributed by atoms with E-state index in [1.165, 1.54) is 24.6 Å². The maximum atomic E-state index is 12.8. The van der Waals surface area contributed by atoms with Crippen LogP contribution in [0.4, 0.5) is 0 Å². The fourth-order valence-electron chi connectivity index (χ4n) is 1.93. The van der Waals surface area contributed by atoms with E-state index in [4.69, 9.17) is 32.7 Å². The van der Waals surface area contributed by atoms with E-state index in [2.05, 4.69) is 0 Å². The number of hydrogen-bond acceptors (Lipinski definition) is 4. The van der Waals surface area contributed by atoms with Crippen molar-refractivity contribution in [2.45, 2.75) is 17.7 Å². The molecule has 0 heterocycles. The van der Waals surface area contributed by atoms with E-state index in [0.29, 0.717) is 23.7 Å². The van der Waals surface area contributed by atoms with Gasteiger partial charge in [-0.05, 0) is 12.1 Å². The maximum Gasteiger partial charge on any atom is 0.246 e. The summed E-state index contributed by atoms with van der Waals surface area (Å²) in [7, 11) is -0.810. The molecular weight excluding hydrogens is 337 g/mol. The summed E-state index contributed by atoms with van der Waals surface area (Å²) in [6, 6.07) is 2.97. The Hall–Kier alpha value is -0.530. The average molecular weight is 356 g/mol. The summed E-state index contributed by atoms with van der Waals surface area (Å²) in [5.74, 6) is 0.335. The Labute approximate surface area is 135 Å². The van der Waals surface area contributed by atoms with Crippen LogP contribution in [0, 0.1) is 0 Å². The minimum absolute atomic E-state index is 0.0195. The van der Waals surface area contributed by atoms with Crippen molar-refractivity contribution in [2.75, 3.05) is 33.9 Å². The number of nitrogens with zero attached hydrogens (tertiary/aromatic N) is 1. The molecule has 0 N–H and O–H groups in total. The van der Waals surface area contributed by atoms with Crippen LogP contribution in [0.25, 0.3) is 0 Å². The van der Waals surface area contributed by atoms with Gasteiger partial charge in [-0.1, -0.05) is 18.5 Å². The fourth-order valence-corrected chi connectivity index (χ4v) is 4.09. The zero-order valence-electron chi connectivity index (χ0n) is 12.2. The molecule has 1 aromatic rings. The molecule has 0 amide bonds. The van der Waals surface area contributed by atoms with E-state index in [-0.39, 0.29) is 23.1 Å². The van der Waals surface area contributed by atoms with Crippen LogP contribution in [-0.4, -0.2) is 46.6 Å². The Kier molecular flexibility index (Phi) is 7.23. The van der Waals surface area contributed by atoms with Gasteiger partial charge in [0.25, 0.3) is 0 Å². The Bertz CT molecular complexity index is 578. The van der Waals surface area contributed by atoms with Crippen LogP contribution < -0.4 is 4.74 Å². The van der Waals surface area contributed by atoms with E-state index < -0.39 is 10.0 Å². The molecule has 0 bridgehead atoms. The molecular formula is C13H19Cl2NO4S. The highest BCUT2D eigenvalue weighted by Gasteiger charge is 2.28. The Morgan fingerprint density at radius 3 is 2.43 bits per heavy atom. The number of hydrogen-bond donors (Lipinski definition) is 0. The molecule has 5 nitrogen and oxygen atoms in total. The number of benzene rings is 1. The van der Waals surface area contributed by atoms with Crippen LogP contribution in [0.5, 0.6) is 5.75 Å². The van der Waals surface area contributed by atoms with Gasteiger partial charge in [0.05, 0.1) is 19.6 Å². The first kappa shape index (κ1) is 18.5. The van der Waals surface area contributed by atoms with Crippen molar-refractivity contribution >= 4 is 33.2 Å². The second-order valence-electron chi connectivity index (χ2n) is 4.22. The van der Waals surface area contributed by atoms with Gasteiger partial charge in [0, 0.05) is 30.8 Å². The number of alkyl halides is 1. The number of methoxy groups -OCH3 is 2. The molecule has 120 valence electrons. The summed E-state index contributed by atoms with van der Waals surface area (Å²) >= 11 is 11.8. The summed E-state index contributed by atoms with van der Waals surface area (Å²) in [5, 5.41) is 0.299. The molecule has 0 aromatic heterocycles. The standard InChI is InChI=1S/C13H19Cl2NO4S/c1-4-16(5-6-19-2)21(17,18)12-8-11(15)7-10(9-14)13(12)20-3/h7-8H,4-6,9H2,1-3H3. The highest BCUT2D eigenvalue weighted by molar-refractivity contribution is 7.89. The molecule has 0 atom stereocenters. The summed E-state index contributed by atoms with van der Waals surface area (Å²) in [5.41, 5.74) is 0.535. The predicted molar refractivity (Wildman–Crippen MR) is 83.9 cm³/mol.